The standard InChI is InChI=1S/C22H23ClFNO6S/c1-13-11-25(12-14(2)30-13)32(28,29)20-10-17(6-9-19(20)23)22(27)31-15(3)21(26)16-4-7-18(24)8-5-16/h4-10,13-15H,11-12H2,1-3H3/t13-,14+,15-/m1/s1. The Hall–Kier alpha value is -2.33. The third-order valence-electron chi connectivity index (χ3n) is 4.95. The quantitative estimate of drug-likeness (QED) is 0.459. The molecule has 3 atom stereocenters. The molecule has 2 aromatic carbocycles. The number of carbonyl (C=O) groups excluding carboxylic acids is 2. The van der Waals surface area contributed by atoms with Gasteiger partial charge in [-0.25, -0.2) is 17.6 Å². The molecular formula is C22H23ClFNO6S. The number of Topliss-reactive ketones (excluding diaryl/α,β-unsaturated/α-hetero) is 1. The van der Waals surface area contributed by atoms with Crippen LogP contribution < -0.4 is 0 Å². The van der Waals surface area contributed by atoms with Gasteiger partial charge in [0.05, 0.1) is 22.8 Å². The van der Waals surface area contributed by atoms with Crippen molar-refractivity contribution in [2.45, 2.75) is 44.0 Å². The van der Waals surface area contributed by atoms with E-state index in [4.69, 9.17) is 21.1 Å². The predicted molar refractivity (Wildman–Crippen MR) is 116 cm³/mol. The Morgan fingerprint density at radius 3 is 2.25 bits per heavy atom. The molecule has 0 N–H and O–H groups in total. The van der Waals surface area contributed by atoms with Crippen molar-refractivity contribution < 1.29 is 31.9 Å². The fourth-order valence-electron chi connectivity index (χ4n) is 3.43. The Balaban J connectivity index is 1.80. The summed E-state index contributed by atoms with van der Waals surface area (Å²) in [5.74, 6) is -1.90. The molecule has 0 spiro atoms. The molecule has 7 nitrogen and oxygen atoms in total. The molecule has 172 valence electrons. The van der Waals surface area contributed by atoms with E-state index in [1.54, 1.807) is 13.8 Å². The number of rotatable bonds is 6. The summed E-state index contributed by atoms with van der Waals surface area (Å²) in [6, 6.07) is 8.60. The molecule has 0 saturated carbocycles. The number of benzene rings is 2. The largest absolute Gasteiger partial charge is 0.451 e. The van der Waals surface area contributed by atoms with Gasteiger partial charge in [0.1, 0.15) is 10.7 Å². The van der Waals surface area contributed by atoms with Crippen LogP contribution in [0.25, 0.3) is 0 Å². The van der Waals surface area contributed by atoms with Crippen molar-refractivity contribution in [1.29, 1.82) is 0 Å². The smallest absolute Gasteiger partial charge is 0.338 e. The van der Waals surface area contributed by atoms with Gasteiger partial charge in [-0.2, -0.15) is 4.31 Å². The first-order valence-electron chi connectivity index (χ1n) is 9.95. The summed E-state index contributed by atoms with van der Waals surface area (Å²) >= 11 is 6.15. The Morgan fingerprint density at radius 2 is 1.66 bits per heavy atom. The molecule has 0 unspecified atom stereocenters. The molecule has 1 aliphatic heterocycles. The number of sulfonamides is 1. The third kappa shape index (κ3) is 5.35. The van der Waals surface area contributed by atoms with Crippen molar-refractivity contribution in [1.82, 2.24) is 4.31 Å². The minimum atomic E-state index is -4.00. The van der Waals surface area contributed by atoms with Gasteiger partial charge in [0.25, 0.3) is 0 Å². The highest BCUT2D eigenvalue weighted by Gasteiger charge is 2.34. The Bertz CT molecular complexity index is 1110. The van der Waals surface area contributed by atoms with Crippen LogP contribution in [0.3, 0.4) is 0 Å². The van der Waals surface area contributed by atoms with E-state index in [0.29, 0.717) is 0 Å². The summed E-state index contributed by atoms with van der Waals surface area (Å²) in [4.78, 5) is 24.8. The molecule has 10 heteroatoms. The predicted octanol–water partition coefficient (Wildman–Crippen LogP) is 3.71. The van der Waals surface area contributed by atoms with Crippen LogP contribution in [0, 0.1) is 5.82 Å². The molecule has 1 saturated heterocycles. The van der Waals surface area contributed by atoms with Crippen molar-refractivity contribution in [2.24, 2.45) is 0 Å². The first-order valence-corrected chi connectivity index (χ1v) is 11.8. The van der Waals surface area contributed by atoms with Gasteiger partial charge in [0.15, 0.2) is 6.10 Å². The van der Waals surface area contributed by atoms with E-state index in [0.717, 1.165) is 18.2 Å². The van der Waals surface area contributed by atoms with E-state index in [9.17, 15) is 22.4 Å². The van der Waals surface area contributed by atoms with E-state index in [1.807, 2.05) is 0 Å². The van der Waals surface area contributed by atoms with Gasteiger partial charge in [0, 0.05) is 18.7 Å². The summed E-state index contributed by atoms with van der Waals surface area (Å²) in [6.07, 6.45) is -1.75. The number of carbonyl (C=O) groups is 2. The van der Waals surface area contributed by atoms with Crippen molar-refractivity contribution in [2.75, 3.05) is 13.1 Å². The van der Waals surface area contributed by atoms with Gasteiger partial charge in [-0.15, -0.1) is 0 Å². The van der Waals surface area contributed by atoms with Gasteiger partial charge in [0.2, 0.25) is 15.8 Å². The number of morpholine rings is 1. The lowest BCUT2D eigenvalue weighted by atomic mass is 10.1. The lowest BCUT2D eigenvalue weighted by molar-refractivity contribution is -0.0440. The van der Waals surface area contributed by atoms with Crippen molar-refractivity contribution in [3.05, 3.63) is 64.4 Å². The van der Waals surface area contributed by atoms with E-state index in [-0.39, 0.29) is 46.3 Å². The highest BCUT2D eigenvalue weighted by atomic mass is 35.5. The minimum absolute atomic E-state index is 0.0382. The van der Waals surface area contributed by atoms with Crippen LogP contribution in [-0.4, -0.2) is 55.9 Å². The minimum Gasteiger partial charge on any atom is -0.451 e. The average molecular weight is 484 g/mol. The van der Waals surface area contributed by atoms with E-state index in [2.05, 4.69) is 0 Å². The number of nitrogens with zero attached hydrogens (tertiary/aromatic N) is 1. The van der Waals surface area contributed by atoms with Crippen LogP contribution in [0.5, 0.6) is 0 Å². The molecule has 32 heavy (non-hydrogen) atoms. The van der Waals surface area contributed by atoms with E-state index in [1.165, 1.54) is 35.5 Å². The van der Waals surface area contributed by atoms with Crippen LogP contribution in [-0.2, 0) is 19.5 Å². The Kier molecular flexibility index (Phi) is 7.34. The first-order chi connectivity index (χ1) is 15.0. The van der Waals surface area contributed by atoms with Crippen LogP contribution in [0.1, 0.15) is 41.5 Å². The van der Waals surface area contributed by atoms with Gasteiger partial charge >= 0.3 is 5.97 Å². The second-order valence-electron chi connectivity index (χ2n) is 7.64. The number of esters is 1. The number of ketones is 1. The van der Waals surface area contributed by atoms with Crippen LogP contribution in [0.4, 0.5) is 4.39 Å². The summed E-state index contributed by atoms with van der Waals surface area (Å²) in [6.45, 7) is 5.23. The zero-order chi connectivity index (χ0) is 23.6. The normalized spacial score (nSPS) is 20.5. The molecule has 0 aliphatic carbocycles. The molecule has 1 heterocycles. The zero-order valence-electron chi connectivity index (χ0n) is 17.7. The molecule has 1 fully saturated rings. The van der Waals surface area contributed by atoms with E-state index < -0.39 is 33.7 Å². The summed E-state index contributed by atoms with van der Waals surface area (Å²) in [5.41, 5.74) is 0.114. The van der Waals surface area contributed by atoms with Crippen molar-refractivity contribution in [3.63, 3.8) is 0 Å². The van der Waals surface area contributed by atoms with Gasteiger partial charge < -0.3 is 9.47 Å². The Morgan fingerprint density at radius 1 is 1.09 bits per heavy atom. The van der Waals surface area contributed by atoms with Gasteiger partial charge in [-0.05, 0) is 63.2 Å². The van der Waals surface area contributed by atoms with Gasteiger partial charge in [-0.1, -0.05) is 11.6 Å². The second-order valence-corrected chi connectivity index (χ2v) is 9.96. The highest BCUT2D eigenvalue weighted by molar-refractivity contribution is 7.89. The fourth-order valence-corrected chi connectivity index (χ4v) is 5.52. The van der Waals surface area contributed by atoms with Crippen LogP contribution >= 0.6 is 11.6 Å². The molecule has 0 radical (unpaired) electrons. The molecule has 1 aliphatic rings. The molecular weight excluding hydrogens is 461 g/mol. The maximum absolute atomic E-state index is 13.2. The summed E-state index contributed by atoms with van der Waals surface area (Å²) in [7, 11) is -4.00. The maximum atomic E-state index is 13.2. The topological polar surface area (TPSA) is 90.0 Å². The van der Waals surface area contributed by atoms with Crippen molar-refractivity contribution >= 4 is 33.4 Å². The third-order valence-corrected chi connectivity index (χ3v) is 7.27. The SMILES string of the molecule is C[C@@H]1CN(S(=O)(=O)c2cc(C(=O)O[C@H](C)C(=O)c3ccc(F)cc3)ccc2Cl)C[C@H](C)O1. The molecule has 2 aromatic rings. The number of ether oxygens (including phenoxy) is 2. The maximum Gasteiger partial charge on any atom is 0.338 e. The first kappa shape index (κ1) is 24.3. The lowest BCUT2D eigenvalue weighted by Crippen LogP contribution is -2.48. The van der Waals surface area contributed by atoms with Gasteiger partial charge in [-0.3, -0.25) is 4.79 Å². The highest BCUT2D eigenvalue weighted by Crippen LogP contribution is 2.28. The zero-order valence-corrected chi connectivity index (χ0v) is 19.3. The number of hydrogen-bond acceptors (Lipinski definition) is 6. The molecule has 3 rings (SSSR count). The van der Waals surface area contributed by atoms with Crippen molar-refractivity contribution in [3.8, 4) is 0 Å². The van der Waals surface area contributed by atoms with E-state index >= 15 is 0 Å². The molecule has 0 aromatic heterocycles. The monoisotopic (exact) mass is 483 g/mol. The summed E-state index contributed by atoms with van der Waals surface area (Å²) < 4.78 is 51.5. The molecule has 0 amide bonds. The van der Waals surface area contributed by atoms with Crippen LogP contribution in [0.2, 0.25) is 5.02 Å². The van der Waals surface area contributed by atoms with Crippen LogP contribution in [0.15, 0.2) is 47.4 Å². The molecule has 0 bridgehead atoms. The second kappa shape index (κ2) is 9.66. The Labute approximate surface area is 191 Å². The average Bonchev–Trinajstić information content (AvgIpc) is 2.73. The fraction of sp³-hybridized carbons (Fsp3) is 0.364. The summed E-state index contributed by atoms with van der Waals surface area (Å²) in [5, 5.41) is -0.0382. The number of hydrogen-bond donors (Lipinski definition) is 0. The number of halogens is 2. The lowest BCUT2D eigenvalue weighted by Gasteiger charge is -2.34.